The van der Waals surface area contributed by atoms with E-state index < -0.39 is 10.0 Å². The van der Waals surface area contributed by atoms with Gasteiger partial charge in [-0.3, -0.25) is 0 Å². The fourth-order valence-electron chi connectivity index (χ4n) is 3.27. The monoisotopic (exact) mass is 308 g/mol. The van der Waals surface area contributed by atoms with Crippen molar-refractivity contribution in [1.29, 1.82) is 0 Å². The van der Waals surface area contributed by atoms with Crippen LogP contribution in [-0.4, -0.2) is 48.8 Å². The van der Waals surface area contributed by atoms with Crippen LogP contribution in [0.15, 0.2) is 29.2 Å². The molecule has 2 heterocycles. The van der Waals surface area contributed by atoms with Crippen molar-refractivity contribution in [3.8, 4) is 0 Å². The van der Waals surface area contributed by atoms with Gasteiger partial charge < -0.3 is 4.90 Å². The number of hydrogen-bond acceptors (Lipinski definition) is 3. The summed E-state index contributed by atoms with van der Waals surface area (Å²) in [5.41, 5.74) is 0.981. The van der Waals surface area contributed by atoms with Crippen molar-refractivity contribution in [1.82, 2.24) is 9.21 Å². The van der Waals surface area contributed by atoms with Crippen LogP contribution in [-0.2, 0) is 10.0 Å². The Hall–Kier alpha value is -0.910. The van der Waals surface area contributed by atoms with E-state index in [0.717, 1.165) is 31.5 Å². The van der Waals surface area contributed by atoms with Gasteiger partial charge in [0.15, 0.2) is 0 Å². The summed E-state index contributed by atoms with van der Waals surface area (Å²) >= 11 is 0. The third kappa shape index (κ3) is 2.62. The van der Waals surface area contributed by atoms with E-state index in [0.29, 0.717) is 17.5 Å². The van der Waals surface area contributed by atoms with Crippen LogP contribution in [0.3, 0.4) is 0 Å². The maximum atomic E-state index is 12.7. The molecule has 1 atom stereocenters. The molecule has 1 aromatic carbocycles. The number of benzene rings is 1. The van der Waals surface area contributed by atoms with Crippen molar-refractivity contribution in [3.05, 3.63) is 29.8 Å². The van der Waals surface area contributed by atoms with Crippen LogP contribution in [0.2, 0.25) is 0 Å². The molecule has 2 aliphatic rings. The molecule has 2 fully saturated rings. The van der Waals surface area contributed by atoms with E-state index >= 15 is 0 Å². The highest BCUT2D eigenvalue weighted by molar-refractivity contribution is 7.89. The molecule has 3 rings (SSSR count). The molecule has 5 heteroatoms. The summed E-state index contributed by atoms with van der Waals surface area (Å²) in [6, 6.07) is 7.72. The smallest absolute Gasteiger partial charge is 0.243 e. The molecule has 21 heavy (non-hydrogen) atoms. The zero-order chi connectivity index (χ0) is 15.3. The highest BCUT2D eigenvalue weighted by atomic mass is 32.2. The molecule has 116 valence electrons. The number of piperidine rings is 1. The van der Waals surface area contributed by atoms with Gasteiger partial charge in [0.1, 0.15) is 0 Å². The van der Waals surface area contributed by atoms with Crippen LogP contribution >= 0.6 is 0 Å². The lowest BCUT2D eigenvalue weighted by atomic mass is 9.96. The SMILES string of the molecule is Cc1ccc(S(=O)(=O)N2CC23CCN(C(C)C)CC3)cc1. The molecule has 1 unspecified atom stereocenters. The fraction of sp³-hybridized carbons (Fsp3) is 0.625. The summed E-state index contributed by atoms with van der Waals surface area (Å²) in [6.45, 7) is 9.05. The van der Waals surface area contributed by atoms with Crippen molar-refractivity contribution in [2.45, 2.75) is 50.1 Å². The predicted octanol–water partition coefficient (Wildman–Crippen LogP) is 2.24. The minimum absolute atomic E-state index is 0.102. The van der Waals surface area contributed by atoms with E-state index in [1.165, 1.54) is 0 Å². The first kappa shape index (κ1) is 15.0. The topological polar surface area (TPSA) is 40.4 Å². The van der Waals surface area contributed by atoms with Gasteiger partial charge in [-0.25, -0.2) is 8.42 Å². The molecular formula is C16H24N2O2S. The standard InChI is InChI=1S/C16H24N2O2S/c1-13(2)17-10-8-16(9-11-17)12-18(16)21(19,20)15-6-4-14(3)5-7-15/h4-7,13H,8-12H2,1-3H3. The molecular weight excluding hydrogens is 284 g/mol. The van der Waals surface area contributed by atoms with Gasteiger partial charge in [-0.2, -0.15) is 4.31 Å². The lowest BCUT2D eigenvalue weighted by molar-refractivity contribution is 0.156. The number of likely N-dealkylation sites (tertiary alicyclic amines) is 1. The number of rotatable bonds is 3. The first-order valence-electron chi connectivity index (χ1n) is 7.69. The van der Waals surface area contributed by atoms with Gasteiger partial charge in [0.25, 0.3) is 0 Å². The van der Waals surface area contributed by atoms with E-state index in [2.05, 4.69) is 18.7 Å². The summed E-state index contributed by atoms with van der Waals surface area (Å²) in [5, 5.41) is 0. The number of sulfonamides is 1. The summed E-state index contributed by atoms with van der Waals surface area (Å²) < 4.78 is 27.1. The maximum absolute atomic E-state index is 12.7. The number of aryl methyl sites for hydroxylation is 1. The Balaban J connectivity index is 1.74. The normalized spacial score (nSPS) is 25.4. The largest absolute Gasteiger partial charge is 0.301 e. The fourth-order valence-corrected chi connectivity index (χ4v) is 5.11. The molecule has 0 saturated carbocycles. The Morgan fingerprint density at radius 3 is 2.19 bits per heavy atom. The van der Waals surface area contributed by atoms with E-state index in [1.807, 2.05) is 19.1 Å². The van der Waals surface area contributed by atoms with Crippen LogP contribution in [0.4, 0.5) is 0 Å². The molecule has 2 aliphatic heterocycles. The Morgan fingerprint density at radius 1 is 1.10 bits per heavy atom. The molecule has 0 bridgehead atoms. The Kier molecular flexibility index (Phi) is 3.62. The van der Waals surface area contributed by atoms with Gasteiger partial charge in [-0.15, -0.1) is 0 Å². The van der Waals surface area contributed by atoms with Gasteiger partial charge in [0.2, 0.25) is 10.0 Å². The van der Waals surface area contributed by atoms with Crippen molar-refractivity contribution in [3.63, 3.8) is 0 Å². The first-order valence-corrected chi connectivity index (χ1v) is 9.13. The van der Waals surface area contributed by atoms with Gasteiger partial charge in [-0.05, 0) is 45.7 Å². The molecule has 0 amide bonds. The summed E-state index contributed by atoms with van der Waals surface area (Å²) in [7, 11) is -3.31. The van der Waals surface area contributed by atoms with Crippen LogP contribution in [0.25, 0.3) is 0 Å². The zero-order valence-electron chi connectivity index (χ0n) is 13.0. The van der Waals surface area contributed by atoms with Crippen molar-refractivity contribution in [2.75, 3.05) is 19.6 Å². The van der Waals surface area contributed by atoms with Crippen molar-refractivity contribution >= 4 is 10.0 Å². The maximum Gasteiger partial charge on any atom is 0.243 e. The minimum Gasteiger partial charge on any atom is -0.301 e. The van der Waals surface area contributed by atoms with Gasteiger partial charge in [0, 0.05) is 25.7 Å². The second-order valence-electron chi connectivity index (χ2n) is 6.68. The molecule has 1 aromatic rings. The summed E-state index contributed by atoms with van der Waals surface area (Å²) in [4.78, 5) is 2.86. The van der Waals surface area contributed by atoms with Crippen LogP contribution < -0.4 is 0 Å². The summed E-state index contributed by atoms with van der Waals surface area (Å²) in [6.07, 6.45) is 1.91. The molecule has 0 aliphatic carbocycles. The average Bonchev–Trinajstić information content (AvgIpc) is 3.14. The third-order valence-electron chi connectivity index (χ3n) is 4.93. The van der Waals surface area contributed by atoms with Crippen LogP contribution in [0.1, 0.15) is 32.3 Å². The number of nitrogens with zero attached hydrogens (tertiary/aromatic N) is 2. The Bertz CT molecular complexity index is 614. The third-order valence-corrected chi connectivity index (χ3v) is 6.90. The summed E-state index contributed by atoms with van der Waals surface area (Å²) in [5.74, 6) is 0. The van der Waals surface area contributed by atoms with Crippen LogP contribution in [0.5, 0.6) is 0 Å². The predicted molar refractivity (Wildman–Crippen MR) is 83.7 cm³/mol. The van der Waals surface area contributed by atoms with E-state index in [1.54, 1.807) is 16.4 Å². The van der Waals surface area contributed by atoms with Crippen molar-refractivity contribution < 1.29 is 8.42 Å². The van der Waals surface area contributed by atoms with E-state index in [9.17, 15) is 8.42 Å². The quantitative estimate of drug-likeness (QED) is 0.804. The van der Waals surface area contributed by atoms with Crippen molar-refractivity contribution in [2.24, 2.45) is 0 Å². The van der Waals surface area contributed by atoms with Gasteiger partial charge in [-0.1, -0.05) is 17.7 Å². The van der Waals surface area contributed by atoms with Gasteiger partial charge >= 0.3 is 0 Å². The van der Waals surface area contributed by atoms with E-state index in [-0.39, 0.29) is 5.54 Å². The Morgan fingerprint density at radius 2 is 1.67 bits per heavy atom. The van der Waals surface area contributed by atoms with E-state index in [4.69, 9.17) is 0 Å². The second-order valence-corrected chi connectivity index (χ2v) is 8.54. The second kappa shape index (κ2) is 5.07. The lowest BCUT2D eigenvalue weighted by Gasteiger charge is -2.34. The molecule has 4 nitrogen and oxygen atoms in total. The molecule has 1 spiro atoms. The average molecular weight is 308 g/mol. The number of hydrogen-bond donors (Lipinski definition) is 0. The highest BCUT2D eigenvalue weighted by Gasteiger charge is 2.59. The molecule has 0 radical (unpaired) electrons. The zero-order valence-corrected chi connectivity index (χ0v) is 13.9. The lowest BCUT2D eigenvalue weighted by Crippen LogP contribution is -2.43. The Labute approximate surface area is 127 Å². The molecule has 0 N–H and O–H groups in total. The molecule has 0 aromatic heterocycles. The minimum atomic E-state index is -3.31. The highest BCUT2D eigenvalue weighted by Crippen LogP contribution is 2.46. The molecule has 2 saturated heterocycles. The van der Waals surface area contributed by atoms with Crippen LogP contribution in [0, 0.1) is 6.92 Å². The van der Waals surface area contributed by atoms with Gasteiger partial charge in [0.05, 0.1) is 10.4 Å². The first-order chi connectivity index (χ1) is 9.85.